The lowest BCUT2D eigenvalue weighted by atomic mass is 9.97. The Morgan fingerprint density at radius 2 is 2.17 bits per heavy atom. The summed E-state index contributed by atoms with van der Waals surface area (Å²) in [7, 11) is 1.93. The number of hydrogen-bond donors (Lipinski definition) is 1. The zero-order valence-electron chi connectivity index (χ0n) is 10.7. The lowest BCUT2D eigenvalue weighted by molar-refractivity contribution is 0.585. The third-order valence-electron chi connectivity index (χ3n) is 3.16. The summed E-state index contributed by atoms with van der Waals surface area (Å²) in [6, 6.07) is 9.11. The molecule has 1 heterocycles. The van der Waals surface area contributed by atoms with Crippen LogP contribution in [0, 0.1) is 12.7 Å². The van der Waals surface area contributed by atoms with Crippen molar-refractivity contribution in [1.29, 1.82) is 0 Å². The molecule has 94 valence electrons. The molecule has 0 fully saturated rings. The van der Waals surface area contributed by atoms with Crippen LogP contribution in [0.5, 0.6) is 0 Å². The van der Waals surface area contributed by atoms with E-state index in [1.807, 2.05) is 38.4 Å². The second-order valence-corrected chi connectivity index (χ2v) is 4.40. The van der Waals surface area contributed by atoms with Gasteiger partial charge in [0.25, 0.3) is 0 Å². The van der Waals surface area contributed by atoms with E-state index < -0.39 is 0 Å². The second kappa shape index (κ2) is 5.74. The number of nitrogens with zero attached hydrogens (tertiary/aromatic N) is 1. The summed E-state index contributed by atoms with van der Waals surface area (Å²) in [5.41, 5.74) is 3.28. The Bertz CT molecular complexity index is 511. The largest absolute Gasteiger partial charge is 0.313 e. The van der Waals surface area contributed by atoms with Crippen molar-refractivity contribution < 1.29 is 4.39 Å². The number of aryl methyl sites for hydroxylation is 1. The lowest BCUT2D eigenvalue weighted by Crippen LogP contribution is -2.19. The minimum atomic E-state index is -0.182. The van der Waals surface area contributed by atoms with E-state index >= 15 is 0 Å². The molecule has 0 saturated carbocycles. The van der Waals surface area contributed by atoms with Crippen LogP contribution in [0.15, 0.2) is 42.7 Å². The molecule has 1 aromatic heterocycles. The van der Waals surface area contributed by atoms with Crippen molar-refractivity contribution in [3.63, 3.8) is 0 Å². The average molecular weight is 244 g/mol. The first-order valence-corrected chi connectivity index (χ1v) is 6.03. The molecule has 1 aromatic carbocycles. The number of aromatic nitrogens is 1. The first kappa shape index (κ1) is 12.7. The molecule has 0 bridgehead atoms. The standard InChI is InChI=1S/C15H17FN2/c1-11-8-14(16)6-5-12(11)9-15(17-2)13-4-3-7-18-10-13/h3-8,10,15,17H,9H2,1-2H3. The van der Waals surface area contributed by atoms with E-state index in [4.69, 9.17) is 0 Å². The highest BCUT2D eigenvalue weighted by Gasteiger charge is 2.11. The molecule has 0 aliphatic rings. The summed E-state index contributed by atoms with van der Waals surface area (Å²) < 4.78 is 13.1. The fraction of sp³-hybridized carbons (Fsp3) is 0.267. The van der Waals surface area contributed by atoms with E-state index in [1.165, 1.54) is 6.07 Å². The Morgan fingerprint density at radius 3 is 2.78 bits per heavy atom. The first-order chi connectivity index (χ1) is 8.70. The predicted molar refractivity (Wildman–Crippen MR) is 70.9 cm³/mol. The van der Waals surface area contributed by atoms with Gasteiger partial charge in [-0.1, -0.05) is 12.1 Å². The smallest absolute Gasteiger partial charge is 0.123 e. The maximum Gasteiger partial charge on any atom is 0.123 e. The van der Waals surface area contributed by atoms with Crippen LogP contribution in [0.1, 0.15) is 22.7 Å². The molecule has 2 aromatic rings. The predicted octanol–water partition coefficient (Wildman–Crippen LogP) is 3.03. The Labute approximate surface area is 107 Å². The highest BCUT2D eigenvalue weighted by Crippen LogP contribution is 2.20. The summed E-state index contributed by atoms with van der Waals surface area (Å²) in [4.78, 5) is 4.13. The Balaban J connectivity index is 2.21. The van der Waals surface area contributed by atoms with Crippen molar-refractivity contribution in [3.8, 4) is 0 Å². The molecule has 0 saturated heterocycles. The van der Waals surface area contributed by atoms with Crippen LogP contribution < -0.4 is 5.32 Å². The van der Waals surface area contributed by atoms with Gasteiger partial charge in [-0.05, 0) is 55.3 Å². The van der Waals surface area contributed by atoms with Gasteiger partial charge < -0.3 is 5.32 Å². The molecule has 0 aliphatic heterocycles. The summed E-state index contributed by atoms with van der Waals surface area (Å²) in [5, 5.41) is 3.27. The van der Waals surface area contributed by atoms with Gasteiger partial charge in [0.05, 0.1) is 0 Å². The first-order valence-electron chi connectivity index (χ1n) is 6.03. The third kappa shape index (κ3) is 2.93. The van der Waals surface area contributed by atoms with Gasteiger partial charge in [0.2, 0.25) is 0 Å². The van der Waals surface area contributed by atoms with Crippen molar-refractivity contribution in [2.45, 2.75) is 19.4 Å². The van der Waals surface area contributed by atoms with Crippen LogP contribution >= 0.6 is 0 Å². The molecule has 3 heteroatoms. The van der Waals surface area contributed by atoms with Gasteiger partial charge in [0, 0.05) is 18.4 Å². The van der Waals surface area contributed by atoms with Crippen LogP contribution in [0.25, 0.3) is 0 Å². The Kier molecular flexibility index (Phi) is 4.05. The number of rotatable bonds is 4. The highest BCUT2D eigenvalue weighted by atomic mass is 19.1. The fourth-order valence-corrected chi connectivity index (χ4v) is 2.08. The van der Waals surface area contributed by atoms with Crippen LogP contribution in [0.3, 0.4) is 0 Å². The van der Waals surface area contributed by atoms with Crippen molar-refractivity contribution >= 4 is 0 Å². The molecular formula is C15H17FN2. The van der Waals surface area contributed by atoms with Gasteiger partial charge in [-0.3, -0.25) is 4.98 Å². The van der Waals surface area contributed by atoms with E-state index in [9.17, 15) is 4.39 Å². The van der Waals surface area contributed by atoms with Gasteiger partial charge in [0.15, 0.2) is 0 Å². The summed E-state index contributed by atoms with van der Waals surface area (Å²) >= 11 is 0. The van der Waals surface area contributed by atoms with Crippen molar-refractivity contribution in [2.75, 3.05) is 7.05 Å². The van der Waals surface area contributed by atoms with Crippen molar-refractivity contribution in [3.05, 3.63) is 65.2 Å². The summed E-state index contributed by atoms with van der Waals surface area (Å²) in [6.45, 7) is 1.94. The van der Waals surface area contributed by atoms with Crippen molar-refractivity contribution in [1.82, 2.24) is 10.3 Å². The zero-order valence-corrected chi connectivity index (χ0v) is 10.7. The summed E-state index contributed by atoms with van der Waals surface area (Å²) in [5.74, 6) is -0.182. The van der Waals surface area contributed by atoms with E-state index in [-0.39, 0.29) is 11.9 Å². The van der Waals surface area contributed by atoms with E-state index in [1.54, 1.807) is 12.3 Å². The van der Waals surface area contributed by atoms with E-state index in [0.29, 0.717) is 0 Å². The van der Waals surface area contributed by atoms with Crippen LogP contribution in [0.4, 0.5) is 4.39 Å². The molecule has 2 rings (SSSR count). The molecule has 0 radical (unpaired) electrons. The molecule has 18 heavy (non-hydrogen) atoms. The van der Waals surface area contributed by atoms with Gasteiger partial charge in [0.1, 0.15) is 5.82 Å². The fourth-order valence-electron chi connectivity index (χ4n) is 2.08. The number of likely N-dealkylation sites (N-methyl/N-ethyl adjacent to an activating group) is 1. The van der Waals surface area contributed by atoms with E-state index in [0.717, 1.165) is 23.1 Å². The Morgan fingerprint density at radius 1 is 1.33 bits per heavy atom. The molecule has 0 amide bonds. The number of hydrogen-bond acceptors (Lipinski definition) is 2. The lowest BCUT2D eigenvalue weighted by Gasteiger charge is -2.17. The second-order valence-electron chi connectivity index (χ2n) is 4.40. The highest BCUT2D eigenvalue weighted by molar-refractivity contribution is 5.29. The van der Waals surface area contributed by atoms with Gasteiger partial charge in [-0.15, -0.1) is 0 Å². The quantitative estimate of drug-likeness (QED) is 0.894. The monoisotopic (exact) mass is 244 g/mol. The normalized spacial score (nSPS) is 12.4. The summed E-state index contributed by atoms with van der Waals surface area (Å²) in [6.07, 6.45) is 4.45. The molecule has 2 nitrogen and oxygen atoms in total. The van der Waals surface area contributed by atoms with Gasteiger partial charge >= 0.3 is 0 Å². The SMILES string of the molecule is CNC(Cc1ccc(F)cc1C)c1cccnc1. The molecular weight excluding hydrogens is 227 g/mol. The van der Waals surface area contributed by atoms with Crippen LogP contribution in [-0.4, -0.2) is 12.0 Å². The van der Waals surface area contributed by atoms with Gasteiger partial charge in [-0.2, -0.15) is 0 Å². The van der Waals surface area contributed by atoms with E-state index in [2.05, 4.69) is 10.3 Å². The molecule has 1 atom stereocenters. The molecule has 1 unspecified atom stereocenters. The van der Waals surface area contributed by atoms with Gasteiger partial charge in [-0.25, -0.2) is 4.39 Å². The maximum absolute atomic E-state index is 13.1. The number of nitrogens with one attached hydrogen (secondary N) is 1. The third-order valence-corrected chi connectivity index (χ3v) is 3.16. The van der Waals surface area contributed by atoms with Crippen LogP contribution in [-0.2, 0) is 6.42 Å². The number of pyridine rings is 1. The minimum absolute atomic E-state index is 0.182. The minimum Gasteiger partial charge on any atom is -0.313 e. The molecule has 1 N–H and O–H groups in total. The van der Waals surface area contributed by atoms with Crippen molar-refractivity contribution in [2.24, 2.45) is 0 Å². The zero-order chi connectivity index (χ0) is 13.0. The maximum atomic E-state index is 13.1. The number of benzene rings is 1. The number of halogens is 1. The Hall–Kier alpha value is -1.74. The van der Waals surface area contributed by atoms with Crippen LogP contribution in [0.2, 0.25) is 0 Å². The molecule has 0 spiro atoms. The topological polar surface area (TPSA) is 24.9 Å². The molecule has 0 aliphatic carbocycles. The average Bonchev–Trinajstić information content (AvgIpc) is 2.39.